The van der Waals surface area contributed by atoms with Gasteiger partial charge in [0.2, 0.25) is 5.91 Å². The SMILES string of the molecule is Cc1cc(F)cc(C[C@H](NC(=O)Cc2c[nH]c3ccc(F)cc23)c2ncccc2-c2ccc(OC(C)C)cc2)c1. The van der Waals surface area contributed by atoms with Crippen LogP contribution in [0.1, 0.15) is 42.3 Å². The summed E-state index contributed by atoms with van der Waals surface area (Å²) in [5.74, 6) is -0.182. The molecule has 7 heteroatoms. The zero-order valence-corrected chi connectivity index (χ0v) is 22.7. The minimum absolute atomic E-state index is 0.0472. The fourth-order valence-corrected chi connectivity index (χ4v) is 5.02. The van der Waals surface area contributed by atoms with Crippen LogP contribution in [0.2, 0.25) is 0 Å². The normalized spacial score (nSPS) is 12.1. The van der Waals surface area contributed by atoms with Crippen molar-refractivity contribution in [2.45, 2.75) is 45.8 Å². The number of carbonyl (C=O) groups excluding carboxylic acids is 1. The lowest BCUT2D eigenvalue weighted by molar-refractivity contribution is -0.121. The Morgan fingerprint density at radius 3 is 2.55 bits per heavy atom. The number of pyridine rings is 1. The Morgan fingerprint density at radius 2 is 1.80 bits per heavy atom. The Bertz CT molecular complexity index is 1620. The van der Waals surface area contributed by atoms with Gasteiger partial charge in [0, 0.05) is 28.9 Å². The zero-order chi connectivity index (χ0) is 28.2. The number of ether oxygens (including phenoxy) is 1. The Hall–Kier alpha value is -4.52. The van der Waals surface area contributed by atoms with Gasteiger partial charge in [-0.1, -0.05) is 24.3 Å². The van der Waals surface area contributed by atoms with Gasteiger partial charge in [0.05, 0.1) is 24.3 Å². The molecule has 204 valence electrons. The van der Waals surface area contributed by atoms with E-state index < -0.39 is 6.04 Å². The number of amides is 1. The molecule has 0 aliphatic carbocycles. The number of H-pyrrole nitrogens is 1. The van der Waals surface area contributed by atoms with Gasteiger partial charge in [-0.05, 0) is 98.0 Å². The van der Waals surface area contributed by atoms with E-state index in [0.717, 1.165) is 33.5 Å². The molecule has 2 heterocycles. The maximum absolute atomic E-state index is 14.3. The fraction of sp³-hybridized carbons (Fsp3) is 0.212. The number of hydrogen-bond donors (Lipinski definition) is 2. The second-order valence-corrected chi connectivity index (χ2v) is 10.3. The number of aromatic amines is 1. The molecule has 0 saturated heterocycles. The third-order valence-corrected chi connectivity index (χ3v) is 6.66. The number of nitrogens with zero attached hydrogens (tertiary/aromatic N) is 1. The molecule has 40 heavy (non-hydrogen) atoms. The van der Waals surface area contributed by atoms with Gasteiger partial charge in [0.1, 0.15) is 17.4 Å². The Balaban J connectivity index is 1.48. The quantitative estimate of drug-likeness (QED) is 0.207. The van der Waals surface area contributed by atoms with Crippen molar-refractivity contribution in [2.24, 2.45) is 0 Å². The van der Waals surface area contributed by atoms with Crippen LogP contribution in [0.25, 0.3) is 22.0 Å². The Morgan fingerprint density at radius 1 is 1.00 bits per heavy atom. The second kappa shape index (κ2) is 11.7. The number of benzene rings is 3. The average molecular weight is 540 g/mol. The summed E-state index contributed by atoms with van der Waals surface area (Å²) in [6.45, 7) is 5.78. The summed E-state index contributed by atoms with van der Waals surface area (Å²) in [7, 11) is 0. The van der Waals surface area contributed by atoms with Crippen LogP contribution in [-0.4, -0.2) is 22.0 Å². The second-order valence-electron chi connectivity index (χ2n) is 10.3. The van der Waals surface area contributed by atoms with Crippen molar-refractivity contribution in [3.05, 3.63) is 119 Å². The number of carbonyl (C=O) groups is 1. The molecule has 0 fully saturated rings. The third kappa shape index (κ3) is 6.37. The monoisotopic (exact) mass is 539 g/mol. The maximum atomic E-state index is 14.3. The molecule has 1 amide bonds. The predicted octanol–water partition coefficient (Wildman–Crippen LogP) is 7.25. The van der Waals surface area contributed by atoms with Crippen LogP contribution >= 0.6 is 0 Å². The minimum atomic E-state index is -0.543. The van der Waals surface area contributed by atoms with Gasteiger partial charge in [0.25, 0.3) is 0 Å². The van der Waals surface area contributed by atoms with Crippen molar-refractivity contribution >= 4 is 16.8 Å². The average Bonchev–Trinajstić information content (AvgIpc) is 3.29. The summed E-state index contributed by atoms with van der Waals surface area (Å²) in [6.07, 6.45) is 3.86. The van der Waals surface area contributed by atoms with Gasteiger partial charge >= 0.3 is 0 Å². The molecule has 5 aromatic rings. The van der Waals surface area contributed by atoms with Crippen molar-refractivity contribution in [2.75, 3.05) is 0 Å². The molecule has 0 aliphatic heterocycles. The molecular weight excluding hydrogens is 508 g/mol. The van der Waals surface area contributed by atoms with Crippen LogP contribution in [0, 0.1) is 18.6 Å². The van der Waals surface area contributed by atoms with Crippen molar-refractivity contribution in [1.29, 1.82) is 0 Å². The fourth-order valence-electron chi connectivity index (χ4n) is 5.02. The van der Waals surface area contributed by atoms with Crippen LogP contribution in [0.5, 0.6) is 5.75 Å². The van der Waals surface area contributed by atoms with Crippen LogP contribution in [-0.2, 0) is 17.6 Å². The van der Waals surface area contributed by atoms with E-state index in [0.29, 0.717) is 23.1 Å². The van der Waals surface area contributed by atoms with E-state index in [1.54, 1.807) is 18.5 Å². The van der Waals surface area contributed by atoms with E-state index in [1.807, 2.05) is 63.2 Å². The number of nitrogens with one attached hydrogen (secondary N) is 2. The topological polar surface area (TPSA) is 67.0 Å². The lowest BCUT2D eigenvalue weighted by Crippen LogP contribution is -2.32. The summed E-state index contributed by atoms with van der Waals surface area (Å²) in [4.78, 5) is 21.2. The molecule has 0 spiro atoms. The zero-order valence-electron chi connectivity index (χ0n) is 22.7. The molecule has 0 saturated carbocycles. The lowest BCUT2D eigenvalue weighted by Gasteiger charge is -2.22. The van der Waals surface area contributed by atoms with E-state index in [2.05, 4.69) is 15.3 Å². The number of aromatic nitrogens is 2. The van der Waals surface area contributed by atoms with Crippen LogP contribution < -0.4 is 10.1 Å². The van der Waals surface area contributed by atoms with E-state index in [1.165, 1.54) is 24.3 Å². The highest BCUT2D eigenvalue weighted by Crippen LogP contribution is 2.31. The smallest absolute Gasteiger partial charge is 0.225 e. The molecule has 2 N–H and O–H groups in total. The van der Waals surface area contributed by atoms with E-state index in [9.17, 15) is 13.6 Å². The number of fused-ring (bicyclic) bond motifs is 1. The molecule has 5 rings (SSSR count). The number of halogens is 2. The third-order valence-electron chi connectivity index (χ3n) is 6.66. The van der Waals surface area contributed by atoms with Crippen LogP contribution in [0.15, 0.2) is 85.2 Å². The predicted molar refractivity (Wildman–Crippen MR) is 153 cm³/mol. The van der Waals surface area contributed by atoms with Crippen LogP contribution in [0.3, 0.4) is 0 Å². The molecule has 2 aromatic heterocycles. The first kappa shape index (κ1) is 27.1. The standard InChI is InChI=1S/C33H31F2N3O2/c1-20(2)40-27-9-6-23(7-10-27)28-5-4-12-36-33(28)31(16-22-13-21(3)14-26(35)15-22)38-32(39)17-24-19-37-30-11-8-25(34)18-29(24)30/h4-15,18-20,31,37H,16-17H2,1-3H3,(H,38,39)/t31-/m0/s1. The summed E-state index contributed by atoms with van der Waals surface area (Å²) in [5.41, 5.74) is 5.42. The highest BCUT2D eigenvalue weighted by atomic mass is 19.1. The van der Waals surface area contributed by atoms with Crippen molar-refractivity contribution in [1.82, 2.24) is 15.3 Å². The Kier molecular flexibility index (Phi) is 7.91. The minimum Gasteiger partial charge on any atom is -0.491 e. The first-order valence-electron chi connectivity index (χ1n) is 13.3. The van der Waals surface area contributed by atoms with Gasteiger partial charge < -0.3 is 15.0 Å². The number of aryl methyl sites for hydroxylation is 1. The molecule has 1 atom stereocenters. The van der Waals surface area contributed by atoms with Crippen LogP contribution in [0.4, 0.5) is 8.78 Å². The Labute approximate surface area is 232 Å². The summed E-state index contributed by atoms with van der Waals surface area (Å²) < 4.78 is 34.0. The van der Waals surface area contributed by atoms with Gasteiger partial charge in [-0.3, -0.25) is 9.78 Å². The summed E-state index contributed by atoms with van der Waals surface area (Å²) >= 11 is 0. The van der Waals surface area contributed by atoms with Gasteiger partial charge in [-0.15, -0.1) is 0 Å². The molecule has 0 bridgehead atoms. The molecule has 0 unspecified atom stereocenters. The lowest BCUT2D eigenvalue weighted by atomic mass is 9.94. The van der Waals surface area contributed by atoms with Gasteiger partial charge in [0.15, 0.2) is 0 Å². The van der Waals surface area contributed by atoms with E-state index >= 15 is 0 Å². The van der Waals surface area contributed by atoms with E-state index in [4.69, 9.17) is 4.74 Å². The molecule has 0 radical (unpaired) electrons. The summed E-state index contributed by atoms with van der Waals surface area (Å²) in [5, 5.41) is 3.79. The number of hydrogen-bond acceptors (Lipinski definition) is 3. The first-order chi connectivity index (χ1) is 19.2. The highest BCUT2D eigenvalue weighted by Gasteiger charge is 2.22. The molecular formula is C33H31F2N3O2. The highest BCUT2D eigenvalue weighted by molar-refractivity contribution is 5.89. The summed E-state index contributed by atoms with van der Waals surface area (Å²) in [6, 6.07) is 20.3. The molecule has 0 aliphatic rings. The van der Waals surface area contributed by atoms with Crippen molar-refractivity contribution in [3.8, 4) is 16.9 Å². The van der Waals surface area contributed by atoms with Crippen molar-refractivity contribution < 1.29 is 18.3 Å². The maximum Gasteiger partial charge on any atom is 0.225 e. The number of rotatable bonds is 9. The van der Waals surface area contributed by atoms with Gasteiger partial charge in [-0.2, -0.15) is 0 Å². The van der Waals surface area contributed by atoms with E-state index in [-0.39, 0.29) is 30.1 Å². The molecule has 5 nitrogen and oxygen atoms in total. The van der Waals surface area contributed by atoms with Crippen molar-refractivity contribution in [3.63, 3.8) is 0 Å². The first-order valence-corrected chi connectivity index (χ1v) is 13.3. The van der Waals surface area contributed by atoms with Gasteiger partial charge in [-0.25, -0.2) is 8.78 Å². The molecule has 3 aromatic carbocycles. The largest absolute Gasteiger partial charge is 0.491 e.